The van der Waals surface area contributed by atoms with Crippen molar-refractivity contribution in [1.29, 1.82) is 0 Å². The zero-order valence-corrected chi connectivity index (χ0v) is 17.0. The minimum Gasteiger partial charge on any atom is -0.322 e. The van der Waals surface area contributed by atoms with Gasteiger partial charge in [0.15, 0.2) is 23.3 Å². The predicted octanol–water partition coefficient (Wildman–Crippen LogP) is 5.53. The van der Waals surface area contributed by atoms with Gasteiger partial charge < -0.3 is 10.6 Å². The fraction of sp³-hybridized carbons (Fsp3) is 0.0909. The highest BCUT2D eigenvalue weighted by molar-refractivity contribution is 8.00. The number of anilines is 2. The quantitative estimate of drug-likeness (QED) is 0.296. The standard InChI is InChI=1S/C22H16F4N2O2S/c1-12-2-4-13(5-3-12)22(30)27-14-6-8-15(9-7-14)31-11-18(29)28-21-19(25)16(23)10-17(24)20(21)26/h2-10H,11H2,1H3,(H,27,30)(H,28,29). The maximum absolute atomic E-state index is 13.6. The molecule has 160 valence electrons. The molecule has 9 heteroatoms. The van der Waals surface area contributed by atoms with E-state index in [4.69, 9.17) is 0 Å². The van der Waals surface area contributed by atoms with Crippen LogP contribution in [-0.4, -0.2) is 17.6 Å². The average Bonchev–Trinajstić information content (AvgIpc) is 2.75. The summed E-state index contributed by atoms with van der Waals surface area (Å²) in [6.45, 7) is 1.92. The Morgan fingerprint density at radius 2 is 1.42 bits per heavy atom. The molecule has 3 aromatic carbocycles. The molecule has 2 N–H and O–H groups in total. The van der Waals surface area contributed by atoms with Gasteiger partial charge in [0.25, 0.3) is 5.91 Å². The molecule has 0 atom stereocenters. The third-order valence-electron chi connectivity index (χ3n) is 4.17. The monoisotopic (exact) mass is 448 g/mol. The summed E-state index contributed by atoms with van der Waals surface area (Å²) in [5, 5.41) is 4.59. The summed E-state index contributed by atoms with van der Waals surface area (Å²) >= 11 is 1.04. The summed E-state index contributed by atoms with van der Waals surface area (Å²) < 4.78 is 53.7. The van der Waals surface area contributed by atoms with E-state index in [9.17, 15) is 27.2 Å². The van der Waals surface area contributed by atoms with Gasteiger partial charge in [-0.05, 0) is 43.3 Å². The molecule has 0 saturated heterocycles. The van der Waals surface area contributed by atoms with Crippen molar-refractivity contribution in [2.24, 2.45) is 0 Å². The number of hydrogen-bond donors (Lipinski definition) is 2. The fourth-order valence-electron chi connectivity index (χ4n) is 2.55. The number of carbonyl (C=O) groups is 2. The van der Waals surface area contributed by atoms with Crippen LogP contribution in [0.2, 0.25) is 0 Å². The number of halogens is 4. The Morgan fingerprint density at radius 1 is 0.839 bits per heavy atom. The summed E-state index contributed by atoms with van der Waals surface area (Å²) in [4.78, 5) is 24.8. The Bertz CT molecular complexity index is 1090. The summed E-state index contributed by atoms with van der Waals surface area (Å²) in [6.07, 6.45) is 0. The molecule has 0 fully saturated rings. The van der Waals surface area contributed by atoms with Gasteiger partial charge >= 0.3 is 0 Å². The summed E-state index contributed by atoms with van der Waals surface area (Å²) in [7, 11) is 0. The number of hydrogen-bond acceptors (Lipinski definition) is 3. The molecule has 0 heterocycles. The van der Waals surface area contributed by atoms with Crippen molar-refractivity contribution in [3.63, 3.8) is 0 Å². The van der Waals surface area contributed by atoms with Crippen molar-refractivity contribution in [1.82, 2.24) is 0 Å². The van der Waals surface area contributed by atoms with Crippen LogP contribution in [-0.2, 0) is 4.79 Å². The van der Waals surface area contributed by atoms with Crippen LogP contribution in [0.3, 0.4) is 0 Å². The Kier molecular flexibility index (Phi) is 6.96. The molecular weight excluding hydrogens is 432 g/mol. The van der Waals surface area contributed by atoms with Crippen LogP contribution in [0.5, 0.6) is 0 Å². The van der Waals surface area contributed by atoms with Gasteiger partial charge in [-0.1, -0.05) is 17.7 Å². The maximum atomic E-state index is 13.6. The van der Waals surface area contributed by atoms with E-state index in [0.717, 1.165) is 17.3 Å². The maximum Gasteiger partial charge on any atom is 0.255 e. The van der Waals surface area contributed by atoms with E-state index in [2.05, 4.69) is 5.32 Å². The van der Waals surface area contributed by atoms with Crippen LogP contribution in [0, 0.1) is 30.2 Å². The minimum absolute atomic E-state index is 0.0637. The van der Waals surface area contributed by atoms with Gasteiger partial charge in [-0.2, -0.15) is 0 Å². The highest BCUT2D eigenvalue weighted by atomic mass is 32.2. The van der Waals surface area contributed by atoms with Crippen LogP contribution < -0.4 is 10.6 Å². The second-order valence-electron chi connectivity index (χ2n) is 6.52. The molecule has 0 unspecified atom stereocenters. The highest BCUT2D eigenvalue weighted by Crippen LogP contribution is 2.25. The number of aryl methyl sites for hydroxylation is 1. The second-order valence-corrected chi connectivity index (χ2v) is 7.57. The lowest BCUT2D eigenvalue weighted by molar-refractivity contribution is -0.113. The molecule has 0 spiro atoms. The first-order valence-corrected chi connectivity index (χ1v) is 9.97. The molecular formula is C22H16F4N2O2S. The Balaban J connectivity index is 1.56. The molecule has 0 radical (unpaired) electrons. The number of benzene rings is 3. The molecule has 0 aromatic heterocycles. The molecule has 2 amide bonds. The first kappa shape index (κ1) is 22.4. The van der Waals surface area contributed by atoms with Crippen molar-refractivity contribution < 1.29 is 27.2 Å². The molecule has 0 aliphatic rings. The molecule has 3 rings (SSSR count). The number of nitrogens with one attached hydrogen (secondary N) is 2. The smallest absolute Gasteiger partial charge is 0.255 e. The number of carbonyl (C=O) groups excluding carboxylic acids is 2. The van der Waals surface area contributed by atoms with Gasteiger partial charge in [-0.15, -0.1) is 11.8 Å². The van der Waals surface area contributed by atoms with E-state index in [-0.39, 0.29) is 17.7 Å². The molecule has 0 aliphatic carbocycles. The van der Waals surface area contributed by atoms with E-state index in [1.807, 2.05) is 24.4 Å². The lowest BCUT2D eigenvalue weighted by atomic mass is 10.1. The second kappa shape index (κ2) is 9.65. The van der Waals surface area contributed by atoms with Crippen LogP contribution in [0.4, 0.5) is 28.9 Å². The molecule has 4 nitrogen and oxygen atoms in total. The van der Waals surface area contributed by atoms with Gasteiger partial charge in [0.1, 0.15) is 5.69 Å². The zero-order valence-electron chi connectivity index (χ0n) is 16.1. The van der Waals surface area contributed by atoms with E-state index >= 15 is 0 Å². The lowest BCUT2D eigenvalue weighted by Crippen LogP contribution is -2.17. The van der Waals surface area contributed by atoms with E-state index in [1.165, 1.54) is 0 Å². The van der Waals surface area contributed by atoms with E-state index < -0.39 is 34.9 Å². The van der Waals surface area contributed by atoms with Crippen LogP contribution in [0.1, 0.15) is 15.9 Å². The van der Waals surface area contributed by atoms with Gasteiger partial charge in [0.05, 0.1) is 5.75 Å². The average molecular weight is 448 g/mol. The zero-order chi connectivity index (χ0) is 22.5. The van der Waals surface area contributed by atoms with E-state index in [0.29, 0.717) is 16.1 Å². The molecule has 3 aromatic rings. The fourth-order valence-corrected chi connectivity index (χ4v) is 3.25. The number of amides is 2. The largest absolute Gasteiger partial charge is 0.322 e. The highest BCUT2D eigenvalue weighted by Gasteiger charge is 2.20. The third kappa shape index (κ3) is 5.64. The topological polar surface area (TPSA) is 58.2 Å². The summed E-state index contributed by atoms with van der Waals surface area (Å²) in [6, 6.07) is 13.7. The van der Waals surface area contributed by atoms with Gasteiger partial charge in [-0.25, -0.2) is 17.6 Å². The van der Waals surface area contributed by atoms with Crippen LogP contribution >= 0.6 is 11.8 Å². The Morgan fingerprint density at radius 3 is 2.00 bits per heavy atom. The minimum atomic E-state index is -1.68. The number of rotatable bonds is 6. The van der Waals surface area contributed by atoms with Crippen molar-refractivity contribution in [2.45, 2.75) is 11.8 Å². The summed E-state index contributed by atoms with van der Waals surface area (Å²) in [5.74, 6) is -7.94. The first-order chi connectivity index (χ1) is 14.7. The molecule has 0 saturated carbocycles. The molecule has 31 heavy (non-hydrogen) atoms. The molecule has 0 aliphatic heterocycles. The van der Waals surface area contributed by atoms with E-state index in [1.54, 1.807) is 36.4 Å². The number of thioether (sulfide) groups is 1. The van der Waals surface area contributed by atoms with Gasteiger partial charge in [0, 0.05) is 22.2 Å². The van der Waals surface area contributed by atoms with Crippen molar-refractivity contribution in [2.75, 3.05) is 16.4 Å². The van der Waals surface area contributed by atoms with Crippen molar-refractivity contribution in [3.8, 4) is 0 Å². The van der Waals surface area contributed by atoms with Crippen LogP contribution in [0.25, 0.3) is 0 Å². The van der Waals surface area contributed by atoms with Crippen molar-refractivity contribution in [3.05, 3.63) is 89.0 Å². The third-order valence-corrected chi connectivity index (χ3v) is 5.18. The molecule has 0 bridgehead atoms. The normalized spacial score (nSPS) is 10.6. The van der Waals surface area contributed by atoms with Gasteiger partial charge in [0.2, 0.25) is 5.91 Å². The van der Waals surface area contributed by atoms with Crippen LogP contribution in [0.15, 0.2) is 59.5 Å². The Labute approximate surface area is 179 Å². The lowest BCUT2D eigenvalue weighted by Gasteiger charge is -2.09. The SMILES string of the molecule is Cc1ccc(C(=O)Nc2ccc(SCC(=O)Nc3c(F)c(F)cc(F)c3F)cc2)cc1. The first-order valence-electron chi connectivity index (χ1n) is 8.98. The summed E-state index contributed by atoms with van der Waals surface area (Å²) in [5.41, 5.74) is 0.917. The predicted molar refractivity (Wildman–Crippen MR) is 111 cm³/mol. The Hall–Kier alpha value is -3.33. The van der Waals surface area contributed by atoms with Gasteiger partial charge in [-0.3, -0.25) is 9.59 Å². The van der Waals surface area contributed by atoms with Crippen molar-refractivity contribution >= 4 is 35.0 Å².